The third-order valence-electron chi connectivity index (χ3n) is 9.63. The van der Waals surface area contributed by atoms with Crippen LogP contribution in [-0.4, -0.2) is 69.1 Å². The molecule has 0 bridgehead atoms. The van der Waals surface area contributed by atoms with E-state index in [4.69, 9.17) is 9.47 Å². The topological polar surface area (TPSA) is 116 Å². The molecule has 2 rings (SSSR count). The van der Waals surface area contributed by atoms with Crippen molar-refractivity contribution in [2.75, 3.05) is 0 Å². The summed E-state index contributed by atoms with van der Waals surface area (Å²) in [5.74, 6) is -0.291. The Morgan fingerprint density at radius 1 is 0.705 bits per heavy atom. The lowest BCUT2D eigenvalue weighted by atomic mass is 9.98. The van der Waals surface area contributed by atoms with Crippen LogP contribution in [0.25, 0.3) is 0 Å². The molecule has 1 saturated heterocycles. The fourth-order valence-electron chi connectivity index (χ4n) is 6.77. The van der Waals surface area contributed by atoms with Crippen LogP contribution in [0.15, 0.2) is 11.6 Å². The maximum atomic E-state index is 11.7. The largest absolute Gasteiger partial charge is 0.455 e. The molecule has 0 aromatic heterocycles. The minimum Gasteiger partial charge on any atom is -0.455 e. The molecular weight excluding hydrogens is 556 g/mol. The van der Waals surface area contributed by atoms with Crippen LogP contribution in [-0.2, 0) is 14.3 Å². The van der Waals surface area contributed by atoms with E-state index < -0.39 is 24.4 Å². The fraction of sp³-hybridized carbons (Fsp3) is 0.919. The molecule has 44 heavy (non-hydrogen) atoms. The third kappa shape index (κ3) is 17.6. The Bertz CT molecular complexity index is 756. The Morgan fingerprint density at radius 2 is 1.23 bits per heavy atom. The second kappa shape index (κ2) is 24.2. The normalized spacial score (nSPS) is 23.0. The lowest BCUT2D eigenvalue weighted by molar-refractivity contribution is -0.139. The van der Waals surface area contributed by atoms with Crippen LogP contribution in [0.5, 0.6) is 0 Å². The molecule has 0 amide bonds. The Kier molecular flexibility index (Phi) is 21.6. The summed E-state index contributed by atoms with van der Waals surface area (Å²) in [6.07, 6.45) is 25.3. The number of esters is 1. The van der Waals surface area contributed by atoms with Crippen molar-refractivity contribution < 1.29 is 34.7 Å². The average molecular weight is 625 g/mol. The molecular formula is C37H68O7. The first-order valence-corrected chi connectivity index (χ1v) is 18.6. The van der Waals surface area contributed by atoms with Crippen molar-refractivity contribution >= 4 is 5.97 Å². The van der Waals surface area contributed by atoms with Crippen molar-refractivity contribution in [3.8, 4) is 0 Å². The molecule has 258 valence electrons. The number of hydrogen-bond donors (Lipinski definition) is 4. The van der Waals surface area contributed by atoms with Gasteiger partial charge in [0.2, 0.25) is 0 Å². The highest BCUT2D eigenvalue weighted by molar-refractivity contribution is 5.90. The summed E-state index contributed by atoms with van der Waals surface area (Å²) >= 11 is 0. The predicted molar refractivity (Wildman–Crippen MR) is 177 cm³/mol. The molecule has 2 heterocycles. The summed E-state index contributed by atoms with van der Waals surface area (Å²) in [6, 6.07) is 0. The number of ether oxygens (including phenoxy) is 2. The molecule has 2 aliphatic rings. The number of carbonyl (C=O) groups is 1. The van der Waals surface area contributed by atoms with Crippen molar-refractivity contribution in [3.05, 3.63) is 11.6 Å². The SMILES string of the molecule is CCCCCCCCCCCC[C@H](O)[C@@H](O)CCCC[C@@H](O)[C@H]1CC[C@H](CCCCCCCC(O)CC2=C[C@H](C)OC2=O)O1. The summed E-state index contributed by atoms with van der Waals surface area (Å²) in [7, 11) is 0. The van der Waals surface area contributed by atoms with Crippen LogP contribution in [0, 0.1) is 0 Å². The van der Waals surface area contributed by atoms with Gasteiger partial charge < -0.3 is 29.9 Å². The molecule has 0 aromatic rings. The number of rotatable bonds is 28. The van der Waals surface area contributed by atoms with Crippen molar-refractivity contribution in [1.29, 1.82) is 0 Å². The van der Waals surface area contributed by atoms with Crippen molar-refractivity contribution in [2.24, 2.45) is 0 Å². The van der Waals surface area contributed by atoms with Gasteiger partial charge in [-0.1, -0.05) is 116 Å². The highest BCUT2D eigenvalue weighted by Crippen LogP contribution is 2.28. The minimum atomic E-state index is -0.665. The highest BCUT2D eigenvalue weighted by atomic mass is 16.5. The van der Waals surface area contributed by atoms with Gasteiger partial charge in [0.05, 0.1) is 36.6 Å². The van der Waals surface area contributed by atoms with Crippen molar-refractivity contribution in [3.63, 3.8) is 0 Å². The van der Waals surface area contributed by atoms with Crippen LogP contribution in [0.2, 0.25) is 0 Å². The number of hydrogen-bond acceptors (Lipinski definition) is 7. The zero-order chi connectivity index (χ0) is 32.0. The number of aliphatic hydroxyl groups is 4. The van der Waals surface area contributed by atoms with E-state index in [2.05, 4.69) is 6.92 Å². The minimum absolute atomic E-state index is 0.0800. The zero-order valence-electron chi connectivity index (χ0n) is 28.3. The smallest absolute Gasteiger partial charge is 0.334 e. The van der Waals surface area contributed by atoms with Gasteiger partial charge >= 0.3 is 5.97 Å². The molecule has 0 saturated carbocycles. The van der Waals surface area contributed by atoms with E-state index in [0.29, 0.717) is 37.7 Å². The Morgan fingerprint density at radius 3 is 1.82 bits per heavy atom. The van der Waals surface area contributed by atoms with E-state index in [9.17, 15) is 25.2 Å². The predicted octanol–water partition coefficient (Wildman–Crippen LogP) is 7.84. The number of carbonyl (C=O) groups excluding carboxylic acids is 1. The second-order valence-electron chi connectivity index (χ2n) is 13.8. The molecule has 0 aliphatic carbocycles. The quantitative estimate of drug-likeness (QED) is 0.0518. The molecule has 0 spiro atoms. The number of unbranched alkanes of at least 4 members (excludes halogenated alkanes) is 14. The highest BCUT2D eigenvalue weighted by Gasteiger charge is 2.30. The summed E-state index contributed by atoms with van der Waals surface area (Å²) in [6.45, 7) is 4.08. The van der Waals surface area contributed by atoms with Crippen LogP contribution >= 0.6 is 0 Å². The van der Waals surface area contributed by atoms with Crippen LogP contribution < -0.4 is 0 Å². The molecule has 7 heteroatoms. The first-order chi connectivity index (χ1) is 21.3. The summed E-state index contributed by atoms with van der Waals surface area (Å²) in [5.41, 5.74) is 0.605. The van der Waals surface area contributed by atoms with Gasteiger partial charge in [-0.05, 0) is 57.9 Å². The van der Waals surface area contributed by atoms with E-state index in [0.717, 1.165) is 77.0 Å². The maximum Gasteiger partial charge on any atom is 0.334 e. The summed E-state index contributed by atoms with van der Waals surface area (Å²) < 4.78 is 11.3. The first kappa shape index (κ1) is 39.2. The molecule has 7 atom stereocenters. The molecule has 0 radical (unpaired) electrons. The Hall–Kier alpha value is -0.990. The summed E-state index contributed by atoms with van der Waals surface area (Å²) in [4.78, 5) is 11.7. The van der Waals surface area contributed by atoms with Crippen molar-refractivity contribution in [1.82, 2.24) is 0 Å². The van der Waals surface area contributed by atoms with E-state index in [-0.39, 0.29) is 24.3 Å². The molecule has 0 aromatic carbocycles. The third-order valence-corrected chi connectivity index (χ3v) is 9.63. The molecule has 2 aliphatic heterocycles. The van der Waals surface area contributed by atoms with Gasteiger partial charge in [-0.15, -0.1) is 0 Å². The average Bonchev–Trinajstić information content (AvgIpc) is 3.60. The zero-order valence-corrected chi connectivity index (χ0v) is 28.3. The van der Waals surface area contributed by atoms with Gasteiger partial charge in [0.1, 0.15) is 6.10 Å². The Labute approximate surface area is 269 Å². The second-order valence-corrected chi connectivity index (χ2v) is 13.8. The number of aliphatic hydroxyl groups excluding tert-OH is 4. The molecule has 1 unspecified atom stereocenters. The van der Waals surface area contributed by atoms with Gasteiger partial charge in [0.25, 0.3) is 0 Å². The van der Waals surface area contributed by atoms with E-state index in [1.54, 1.807) is 6.08 Å². The maximum absolute atomic E-state index is 11.7. The number of cyclic esters (lactones) is 1. The van der Waals surface area contributed by atoms with Gasteiger partial charge in [0, 0.05) is 12.0 Å². The van der Waals surface area contributed by atoms with Crippen LogP contribution in [0.3, 0.4) is 0 Å². The van der Waals surface area contributed by atoms with Gasteiger partial charge in [0.15, 0.2) is 0 Å². The lowest BCUT2D eigenvalue weighted by Gasteiger charge is -2.20. The molecule has 7 nitrogen and oxygen atoms in total. The van der Waals surface area contributed by atoms with Gasteiger partial charge in [-0.25, -0.2) is 4.79 Å². The van der Waals surface area contributed by atoms with Crippen LogP contribution in [0.1, 0.15) is 174 Å². The summed E-state index contributed by atoms with van der Waals surface area (Å²) in [5, 5.41) is 41.5. The van der Waals surface area contributed by atoms with Crippen LogP contribution in [0.4, 0.5) is 0 Å². The van der Waals surface area contributed by atoms with Crippen molar-refractivity contribution in [2.45, 2.75) is 217 Å². The van der Waals surface area contributed by atoms with E-state index >= 15 is 0 Å². The fourth-order valence-corrected chi connectivity index (χ4v) is 6.77. The van der Waals surface area contributed by atoms with Gasteiger partial charge in [-0.2, -0.15) is 0 Å². The van der Waals surface area contributed by atoms with Gasteiger partial charge in [-0.3, -0.25) is 0 Å². The van der Waals surface area contributed by atoms with E-state index in [1.165, 1.54) is 51.4 Å². The van der Waals surface area contributed by atoms with E-state index in [1.807, 2.05) is 6.92 Å². The Balaban J connectivity index is 1.39. The molecule has 1 fully saturated rings. The lowest BCUT2D eigenvalue weighted by Crippen LogP contribution is -2.27. The molecule has 4 N–H and O–H groups in total. The monoisotopic (exact) mass is 624 g/mol. The first-order valence-electron chi connectivity index (χ1n) is 18.6. The standard InChI is InChI=1S/C37H68O7/c1-3-4-5-6-7-8-9-10-14-17-22-33(39)34(40)23-18-19-24-35(41)36-26-25-32(44-36)21-16-13-11-12-15-20-31(38)28-30-27-29(2)43-37(30)42/h27,29,31-36,38-41H,3-26,28H2,1-2H3/t29-,31?,32-,33-,34-,35+,36+/m0/s1.